The molecule has 3 aromatic rings. The highest BCUT2D eigenvalue weighted by atomic mass is 32.2. The maximum Gasteiger partial charge on any atom is 0.416 e. The number of alkyl halides is 6. The van der Waals surface area contributed by atoms with E-state index >= 15 is 0 Å². The van der Waals surface area contributed by atoms with Crippen molar-refractivity contribution in [2.45, 2.75) is 25.2 Å². The number of carbonyl (C=O) groups is 1. The molecule has 0 atom stereocenters. The fourth-order valence-electron chi connectivity index (χ4n) is 3.95. The van der Waals surface area contributed by atoms with E-state index in [1.165, 1.54) is 29.2 Å². The van der Waals surface area contributed by atoms with E-state index in [1.807, 2.05) is 19.0 Å². The third-order valence-corrected chi connectivity index (χ3v) is 7.44. The van der Waals surface area contributed by atoms with E-state index in [1.54, 1.807) is 0 Å². The first-order chi connectivity index (χ1) is 19.7. The number of hydrogen-bond acceptors (Lipinski definition) is 8. The average Bonchev–Trinajstić information content (AvgIpc) is 3.52. The molecular formula is C26H24F6N6O2S2. The van der Waals surface area contributed by atoms with Crippen LogP contribution in [-0.4, -0.2) is 74.4 Å². The summed E-state index contributed by atoms with van der Waals surface area (Å²) in [5.74, 6) is 0.391. The Hall–Kier alpha value is -3.50. The number of carbonyl (C=O) groups excluding carboxylic acids is 1. The van der Waals surface area contributed by atoms with Gasteiger partial charge in [-0.2, -0.15) is 31.6 Å². The van der Waals surface area contributed by atoms with Gasteiger partial charge in [-0.25, -0.2) is 0 Å². The molecule has 42 heavy (non-hydrogen) atoms. The average molecular weight is 631 g/mol. The number of benzene rings is 2. The van der Waals surface area contributed by atoms with Crippen LogP contribution in [0.1, 0.15) is 28.9 Å². The van der Waals surface area contributed by atoms with E-state index < -0.39 is 23.5 Å². The number of halogens is 6. The van der Waals surface area contributed by atoms with Crippen LogP contribution in [0.2, 0.25) is 0 Å². The van der Waals surface area contributed by atoms with E-state index in [4.69, 9.17) is 17.0 Å². The highest BCUT2D eigenvalue weighted by molar-refractivity contribution is 8.26. The lowest BCUT2D eigenvalue weighted by Crippen LogP contribution is -2.29. The highest BCUT2D eigenvalue weighted by Crippen LogP contribution is 2.40. The molecule has 0 radical (unpaired) electrons. The molecule has 0 unspecified atom stereocenters. The molecule has 0 bridgehead atoms. The Balaban J connectivity index is 1.68. The summed E-state index contributed by atoms with van der Waals surface area (Å²) in [5.41, 5.74) is -2.78. The van der Waals surface area contributed by atoms with Crippen molar-refractivity contribution in [3.63, 3.8) is 0 Å². The van der Waals surface area contributed by atoms with Crippen LogP contribution >= 0.6 is 24.0 Å². The molecule has 0 spiro atoms. The van der Waals surface area contributed by atoms with Gasteiger partial charge in [-0.1, -0.05) is 35.3 Å². The monoisotopic (exact) mass is 630 g/mol. The van der Waals surface area contributed by atoms with Gasteiger partial charge in [0.15, 0.2) is 5.82 Å². The van der Waals surface area contributed by atoms with Crippen molar-refractivity contribution in [2.75, 3.05) is 33.8 Å². The minimum Gasteiger partial charge on any atom is -0.492 e. The molecule has 2 aromatic carbocycles. The van der Waals surface area contributed by atoms with Gasteiger partial charge in [0.25, 0.3) is 5.91 Å². The summed E-state index contributed by atoms with van der Waals surface area (Å²) in [7, 11) is 3.67. The van der Waals surface area contributed by atoms with Crippen LogP contribution in [0.3, 0.4) is 0 Å². The van der Waals surface area contributed by atoms with Crippen molar-refractivity contribution in [1.29, 1.82) is 0 Å². The number of aryl methyl sites for hydroxylation is 1. The summed E-state index contributed by atoms with van der Waals surface area (Å²) < 4.78 is 87.1. The lowest BCUT2D eigenvalue weighted by Gasteiger charge is -2.16. The number of nitrogens with one attached hydrogen (secondary N) is 1. The van der Waals surface area contributed by atoms with Crippen molar-refractivity contribution in [3.05, 3.63) is 63.8 Å². The number of aromatic amines is 1. The van der Waals surface area contributed by atoms with Gasteiger partial charge in [0.1, 0.15) is 16.7 Å². The Morgan fingerprint density at radius 1 is 1.05 bits per heavy atom. The molecule has 2 heterocycles. The van der Waals surface area contributed by atoms with Crippen LogP contribution in [0, 0.1) is 0 Å². The Kier molecular flexibility index (Phi) is 9.57. The van der Waals surface area contributed by atoms with E-state index in [9.17, 15) is 31.1 Å². The molecule has 0 aliphatic carbocycles. The molecule has 0 saturated carbocycles. The molecule has 1 fully saturated rings. The van der Waals surface area contributed by atoms with Gasteiger partial charge in [0.05, 0.1) is 16.0 Å². The lowest BCUT2D eigenvalue weighted by molar-refractivity contribution is -0.143. The van der Waals surface area contributed by atoms with E-state index in [0.717, 1.165) is 11.8 Å². The molecular weight excluding hydrogens is 606 g/mol. The molecule has 1 saturated heterocycles. The second kappa shape index (κ2) is 12.8. The maximum atomic E-state index is 13.5. The number of likely N-dealkylation sites (N-methyl/N-ethyl adjacent to an activating group) is 1. The molecule has 8 nitrogen and oxygen atoms in total. The number of amides is 1. The summed E-state index contributed by atoms with van der Waals surface area (Å²) in [5, 5.41) is 13.6. The number of tetrazole rings is 1. The SMILES string of the molecule is CN(C)CCOc1ccc(-c2cc(C(F)(F)F)cc(C(F)(F)F)c2)cc1/C=C1\SC(=S)N(CCCc2nn[nH]n2)C1=O. The van der Waals surface area contributed by atoms with Crippen LogP contribution in [0.25, 0.3) is 17.2 Å². The summed E-state index contributed by atoms with van der Waals surface area (Å²) in [6, 6.07) is 5.61. The Morgan fingerprint density at radius 2 is 1.74 bits per heavy atom. The van der Waals surface area contributed by atoms with Gasteiger partial charge in [0.2, 0.25) is 0 Å². The quantitative estimate of drug-likeness (QED) is 0.174. The van der Waals surface area contributed by atoms with Gasteiger partial charge in [-0.15, -0.1) is 10.2 Å². The second-order valence-corrected chi connectivity index (χ2v) is 11.1. The first-order valence-corrected chi connectivity index (χ1v) is 13.6. The van der Waals surface area contributed by atoms with Gasteiger partial charge in [-0.05, 0) is 68.1 Å². The van der Waals surface area contributed by atoms with Crippen LogP contribution in [0.15, 0.2) is 41.3 Å². The predicted octanol–water partition coefficient (Wildman–Crippen LogP) is 5.68. The first-order valence-electron chi connectivity index (χ1n) is 12.4. The number of hydrogen-bond donors (Lipinski definition) is 1. The minimum absolute atomic E-state index is 0.0766. The van der Waals surface area contributed by atoms with Crippen LogP contribution in [0.4, 0.5) is 26.3 Å². The first kappa shape index (κ1) is 31.4. The van der Waals surface area contributed by atoms with Crippen LogP contribution in [-0.2, 0) is 23.6 Å². The molecule has 224 valence electrons. The molecule has 1 amide bonds. The zero-order valence-corrected chi connectivity index (χ0v) is 23.8. The van der Waals surface area contributed by atoms with Crippen molar-refractivity contribution in [1.82, 2.24) is 30.4 Å². The largest absolute Gasteiger partial charge is 0.492 e. The lowest BCUT2D eigenvalue weighted by atomic mass is 9.97. The number of H-pyrrole nitrogens is 1. The summed E-state index contributed by atoms with van der Waals surface area (Å²) >= 11 is 6.42. The Morgan fingerprint density at radius 3 is 2.33 bits per heavy atom. The molecule has 4 rings (SSSR count). The summed E-state index contributed by atoms with van der Waals surface area (Å²) in [4.78, 5) is 16.7. The van der Waals surface area contributed by atoms with E-state index in [2.05, 4.69) is 20.6 Å². The van der Waals surface area contributed by atoms with E-state index in [0.29, 0.717) is 53.0 Å². The molecule has 16 heteroatoms. The Bertz CT molecular complexity index is 1440. The maximum absolute atomic E-state index is 13.5. The summed E-state index contributed by atoms with van der Waals surface area (Å²) in [6.45, 7) is 1.06. The number of rotatable bonds is 10. The van der Waals surface area contributed by atoms with Crippen LogP contribution in [0.5, 0.6) is 5.75 Å². The minimum atomic E-state index is -4.99. The zero-order valence-electron chi connectivity index (χ0n) is 22.2. The fourth-order valence-corrected chi connectivity index (χ4v) is 5.25. The topological polar surface area (TPSA) is 87.2 Å². The highest BCUT2D eigenvalue weighted by Gasteiger charge is 2.37. The van der Waals surface area contributed by atoms with Crippen molar-refractivity contribution in [2.24, 2.45) is 0 Å². The normalized spacial score (nSPS) is 15.4. The number of nitrogens with zero attached hydrogens (tertiary/aromatic N) is 5. The van der Waals surface area contributed by atoms with Gasteiger partial charge < -0.3 is 9.64 Å². The molecule has 1 aliphatic heterocycles. The third kappa shape index (κ3) is 7.86. The fraction of sp³-hybridized carbons (Fsp3) is 0.346. The number of ether oxygens (including phenoxy) is 1. The second-order valence-electron chi connectivity index (χ2n) is 9.46. The number of thioether (sulfide) groups is 1. The standard InChI is InChI=1S/C26H24F6N6O2S2/c1-37(2)8-9-40-20-6-5-15(16-11-18(25(27,28)29)14-19(12-16)26(30,31)32)10-17(20)13-21-23(39)38(24(41)42-21)7-3-4-22-33-35-36-34-22/h5-6,10-14H,3-4,7-9H2,1-2H3,(H,33,34,35,36)/b21-13-. The Labute approximate surface area is 246 Å². The number of thiocarbonyl (C=S) groups is 1. The van der Waals surface area contributed by atoms with Crippen LogP contribution < -0.4 is 4.74 Å². The van der Waals surface area contributed by atoms with Crippen molar-refractivity contribution in [3.8, 4) is 16.9 Å². The third-order valence-electron chi connectivity index (χ3n) is 6.06. The van der Waals surface area contributed by atoms with Gasteiger partial charge in [-0.3, -0.25) is 9.69 Å². The molecule has 1 N–H and O–H groups in total. The zero-order chi connectivity index (χ0) is 30.7. The molecule has 1 aliphatic rings. The van der Waals surface area contributed by atoms with Crippen molar-refractivity contribution >= 4 is 40.3 Å². The van der Waals surface area contributed by atoms with E-state index in [-0.39, 0.29) is 41.2 Å². The molecule has 1 aromatic heterocycles. The van der Waals surface area contributed by atoms with Crippen molar-refractivity contribution < 1.29 is 35.9 Å². The smallest absolute Gasteiger partial charge is 0.416 e. The van der Waals surface area contributed by atoms with Gasteiger partial charge in [0, 0.05) is 25.1 Å². The summed E-state index contributed by atoms with van der Waals surface area (Å²) in [6.07, 6.45) is -7.55. The number of aromatic nitrogens is 4. The predicted molar refractivity (Wildman–Crippen MR) is 148 cm³/mol. The van der Waals surface area contributed by atoms with Gasteiger partial charge >= 0.3 is 12.4 Å².